The molecule has 8 aromatic carbocycles. The summed E-state index contributed by atoms with van der Waals surface area (Å²) >= 11 is 0. The maximum absolute atomic E-state index is 2.77. The number of hydrogen-bond acceptors (Lipinski definition) is 2. The fourth-order valence-electron chi connectivity index (χ4n) is 15.6. The Labute approximate surface area is 462 Å². The molecule has 0 radical (unpaired) electrons. The smallest absolute Gasteiger partial charge is 0.247 e. The Morgan fingerprint density at radius 2 is 1.04 bits per heavy atom. The van der Waals surface area contributed by atoms with E-state index < -0.39 is 0 Å². The standard InChI is InChI=1S/C74H79BN2/c1-47-40-57-67-66-60(73(12)36-20-21-37-74(67,73)13)42-50(48-22-16-14-17-23-48)43-62(66)75-61-35-34-55(76(53-30-26-51(27-31-53)69(2,3)4)54-32-28-52(29-33-54)70(5,6)7)44-64(61)77(65(41-47)68(57)75)63-46-59-58(71(8,9)38-39-72(59,10)11)45-56(63)49-24-18-15-19-25-49/h14-19,22-35,40-46,67H,20-21,36-39H2,1-13H3. The van der Waals surface area contributed by atoms with E-state index in [2.05, 4.69) is 264 Å². The summed E-state index contributed by atoms with van der Waals surface area (Å²) in [6, 6.07) is 64.7. The van der Waals surface area contributed by atoms with Crippen molar-refractivity contribution in [3.8, 4) is 22.3 Å². The zero-order chi connectivity index (χ0) is 53.8. The minimum Gasteiger partial charge on any atom is -0.311 e. The lowest BCUT2D eigenvalue weighted by molar-refractivity contribution is 0.0926. The summed E-state index contributed by atoms with van der Waals surface area (Å²) in [6.45, 7) is 31.6. The number of benzene rings is 8. The largest absolute Gasteiger partial charge is 0.311 e. The molecule has 0 amide bonds. The highest BCUT2D eigenvalue weighted by molar-refractivity contribution is 6.99. The molecule has 3 atom stereocenters. The third-order valence-electron chi connectivity index (χ3n) is 20.3. The molecule has 13 rings (SSSR count). The van der Waals surface area contributed by atoms with Gasteiger partial charge in [0, 0.05) is 39.9 Å². The first kappa shape index (κ1) is 50.0. The number of aryl methyl sites for hydroxylation is 1. The van der Waals surface area contributed by atoms with Crippen LogP contribution >= 0.6 is 0 Å². The molecular weight excluding hydrogens is 928 g/mol. The number of rotatable bonds is 6. The minimum atomic E-state index is 0.00610. The highest BCUT2D eigenvalue weighted by Gasteiger charge is 2.62. The van der Waals surface area contributed by atoms with Gasteiger partial charge in [0.2, 0.25) is 6.71 Å². The van der Waals surface area contributed by atoms with Crippen LogP contribution in [0, 0.1) is 12.3 Å². The van der Waals surface area contributed by atoms with Crippen LogP contribution in [0.1, 0.15) is 172 Å². The van der Waals surface area contributed by atoms with Crippen molar-refractivity contribution in [1.29, 1.82) is 0 Å². The third-order valence-corrected chi connectivity index (χ3v) is 20.3. The molecule has 0 aromatic heterocycles. The minimum absolute atomic E-state index is 0.00610. The van der Waals surface area contributed by atoms with Crippen molar-refractivity contribution >= 4 is 57.2 Å². The molecule has 2 heterocycles. The average molecular weight is 1010 g/mol. The average Bonchev–Trinajstić information content (AvgIpc) is 3.88. The normalized spacial score (nSPS) is 21.4. The van der Waals surface area contributed by atoms with Crippen LogP contribution in [-0.4, -0.2) is 6.71 Å². The van der Waals surface area contributed by atoms with Gasteiger partial charge in [-0.3, -0.25) is 0 Å². The van der Waals surface area contributed by atoms with Gasteiger partial charge in [0.15, 0.2) is 0 Å². The van der Waals surface area contributed by atoms with Gasteiger partial charge in [0.1, 0.15) is 0 Å². The van der Waals surface area contributed by atoms with Crippen molar-refractivity contribution in [2.24, 2.45) is 5.41 Å². The van der Waals surface area contributed by atoms with E-state index in [0.29, 0.717) is 5.92 Å². The number of nitrogens with zero attached hydrogens (tertiary/aromatic N) is 2. The fourth-order valence-corrected chi connectivity index (χ4v) is 15.6. The Morgan fingerprint density at radius 1 is 0.481 bits per heavy atom. The van der Waals surface area contributed by atoms with Gasteiger partial charge in [-0.2, -0.15) is 0 Å². The van der Waals surface area contributed by atoms with E-state index in [0.717, 1.165) is 29.9 Å². The van der Waals surface area contributed by atoms with Gasteiger partial charge in [0.05, 0.1) is 5.69 Å². The highest BCUT2D eigenvalue weighted by Crippen LogP contribution is 2.68. The monoisotopic (exact) mass is 1010 g/mol. The summed E-state index contributed by atoms with van der Waals surface area (Å²) in [5.41, 5.74) is 28.9. The first-order valence-corrected chi connectivity index (χ1v) is 29.2. The molecule has 0 saturated heterocycles. The van der Waals surface area contributed by atoms with Crippen molar-refractivity contribution in [2.45, 2.75) is 162 Å². The second kappa shape index (κ2) is 17.2. The summed E-state index contributed by atoms with van der Waals surface area (Å²) in [5, 5.41) is 0. The van der Waals surface area contributed by atoms with Crippen LogP contribution in [0.5, 0.6) is 0 Å². The Bertz CT molecular complexity index is 3590. The maximum atomic E-state index is 2.77. The molecule has 3 unspecified atom stereocenters. The lowest BCUT2D eigenvalue weighted by Crippen LogP contribution is -2.62. The van der Waals surface area contributed by atoms with E-state index >= 15 is 0 Å². The van der Waals surface area contributed by atoms with Crippen LogP contribution in [0.2, 0.25) is 0 Å². The molecule has 3 heteroatoms. The van der Waals surface area contributed by atoms with E-state index in [-0.39, 0.29) is 39.2 Å². The molecule has 0 N–H and O–H groups in total. The first-order valence-electron chi connectivity index (χ1n) is 29.2. The van der Waals surface area contributed by atoms with E-state index in [4.69, 9.17) is 0 Å². The van der Waals surface area contributed by atoms with Crippen molar-refractivity contribution < 1.29 is 0 Å². The van der Waals surface area contributed by atoms with Crippen LogP contribution in [-0.2, 0) is 27.1 Å². The molecule has 3 aliphatic carbocycles. The molecular formula is C74H79BN2. The summed E-state index contributed by atoms with van der Waals surface area (Å²) in [6.07, 6.45) is 7.33. The van der Waals surface area contributed by atoms with E-state index in [1.807, 2.05) is 0 Å². The summed E-state index contributed by atoms with van der Waals surface area (Å²) < 4.78 is 0. The molecule has 77 heavy (non-hydrogen) atoms. The second-order valence-electron chi connectivity index (χ2n) is 28.1. The van der Waals surface area contributed by atoms with Crippen LogP contribution in [0.4, 0.5) is 34.1 Å². The van der Waals surface area contributed by atoms with Gasteiger partial charge in [0.25, 0.3) is 0 Å². The van der Waals surface area contributed by atoms with Crippen LogP contribution in [0.25, 0.3) is 22.3 Å². The summed E-state index contributed by atoms with van der Waals surface area (Å²) in [7, 11) is 0. The first-order chi connectivity index (χ1) is 36.6. The van der Waals surface area contributed by atoms with Crippen molar-refractivity contribution in [1.82, 2.24) is 0 Å². The summed E-state index contributed by atoms with van der Waals surface area (Å²) in [5.74, 6) is 0.301. The lowest BCUT2D eigenvalue weighted by Gasteiger charge is -2.51. The molecule has 1 saturated carbocycles. The predicted molar refractivity (Wildman–Crippen MR) is 331 cm³/mol. The molecule has 2 aliphatic heterocycles. The zero-order valence-corrected chi connectivity index (χ0v) is 48.4. The lowest BCUT2D eigenvalue weighted by atomic mass is 9.30. The Balaban J connectivity index is 1.15. The molecule has 5 aliphatic rings. The van der Waals surface area contributed by atoms with Crippen LogP contribution < -0.4 is 26.2 Å². The van der Waals surface area contributed by atoms with Gasteiger partial charge >= 0.3 is 0 Å². The summed E-state index contributed by atoms with van der Waals surface area (Å²) in [4.78, 5) is 5.29. The van der Waals surface area contributed by atoms with Gasteiger partial charge in [-0.05, 0) is 192 Å². The van der Waals surface area contributed by atoms with Gasteiger partial charge in [-0.1, -0.05) is 211 Å². The number of hydrogen-bond donors (Lipinski definition) is 0. The van der Waals surface area contributed by atoms with Crippen molar-refractivity contribution in [3.05, 3.63) is 208 Å². The highest BCUT2D eigenvalue weighted by atomic mass is 15.2. The molecule has 8 aromatic rings. The van der Waals surface area contributed by atoms with Crippen molar-refractivity contribution in [3.63, 3.8) is 0 Å². The Hall–Kier alpha value is -6.58. The molecule has 0 bridgehead atoms. The number of anilines is 6. The molecule has 0 spiro atoms. The van der Waals surface area contributed by atoms with E-state index in [9.17, 15) is 0 Å². The molecule has 2 nitrogen and oxygen atoms in total. The quantitative estimate of drug-likeness (QED) is 0.153. The van der Waals surface area contributed by atoms with E-state index in [1.54, 1.807) is 16.7 Å². The Morgan fingerprint density at radius 3 is 1.64 bits per heavy atom. The topological polar surface area (TPSA) is 6.48 Å². The van der Waals surface area contributed by atoms with Gasteiger partial charge in [-0.25, -0.2) is 0 Å². The van der Waals surface area contributed by atoms with Crippen LogP contribution in [0.3, 0.4) is 0 Å². The van der Waals surface area contributed by atoms with Gasteiger partial charge in [-0.15, -0.1) is 0 Å². The van der Waals surface area contributed by atoms with Crippen molar-refractivity contribution in [2.75, 3.05) is 9.80 Å². The number of fused-ring (bicyclic) bond motifs is 8. The Kier molecular flexibility index (Phi) is 11.2. The van der Waals surface area contributed by atoms with E-state index in [1.165, 1.54) is 109 Å². The second-order valence-corrected chi connectivity index (χ2v) is 28.1. The predicted octanol–water partition coefficient (Wildman–Crippen LogP) is 18.3. The van der Waals surface area contributed by atoms with Gasteiger partial charge < -0.3 is 9.80 Å². The fraction of sp³-hybridized carbons (Fsp3) is 0.351. The SMILES string of the molecule is Cc1cc2c3c(c1)N(c1cc4c(cc1-c1ccccc1)C(C)(C)CCC4(C)C)c1cc(N(c4ccc(C(C)(C)C)cc4)c4ccc(C(C)(C)C)cc4)ccc1B3c1cc(-c3ccccc3)cc3c1C2C1(C)CCCCC31C. The molecule has 1 fully saturated rings. The van der Waals surface area contributed by atoms with Crippen LogP contribution in [0.15, 0.2) is 164 Å². The third kappa shape index (κ3) is 7.63. The zero-order valence-electron chi connectivity index (χ0n) is 48.4. The molecule has 388 valence electrons. The maximum Gasteiger partial charge on any atom is 0.247 e.